The summed E-state index contributed by atoms with van der Waals surface area (Å²) in [4.78, 5) is 16.8. The molecule has 2 aromatic carbocycles. The number of nitrogens with zero attached hydrogens (tertiary/aromatic N) is 3. The number of nitriles is 1. The lowest BCUT2D eigenvalue weighted by molar-refractivity contribution is -0.128. The predicted octanol–water partition coefficient (Wildman–Crippen LogP) is 3.41. The van der Waals surface area contributed by atoms with Gasteiger partial charge in [0.25, 0.3) is 5.91 Å². The summed E-state index contributed by atoms with van der Waals surface area (Å²) in [6.07, 6.45) is 2.49. The average molecular weight is 374 g/mol. The Kier molecular flexibility index (Phi) is 6.83. The third kappa shape index (κ3) is 5.21. The number of carbonyl (C=O) groups excluding carboxylic acids is 1. The Morgan fingerprint density at radius 2 is 1.71 bits per heavy atom. The first-order valence-electron chi connectivity index (χ1n) is 9.71. The van der Waals surface area contributed by atoms with Crippen molar-refractivity contribution in [2.24, 2.45) is 0 Å². The van der Waals surface area contributed by atoms with Crippen LogP contribution < -0.4 is 5.32 Å². The number of rotatable bonds is 6. The summed E-state index contributed by atoms with van der Waals surface area (Å²) in [7, 11) is 0. The van der Waals surface area contributed by atoms with Crippen LogP contribution in [0.1, 0.15) is 18.1 Å². The summed E-state index contributed by atoms with van der Waals surface area (Å²) in [6.45, 7) is 5.88. The molecule has 0 atom stereocenters. The van der Waals surface area contributed by atoms with Gasteiger partial charge in [0.15, 0.2) is 0 Å². The van der Waals surface area contributed by atoms with Crippen LogP contribution in [0.15, 0.2) is 66.4 Å². The molecule has 0 saturated carbocycles. The van der Waals surface area contributed by atoms with Gasteiger partial charge in [0.2, 0.25) is 0 Å². The van der Waals surface area contributed by atoms with Crippen LogP contribution in [-0.4, -0.2) is 41.9 Å². The second-order valence-corrected chi connectivity index (χ2v) is 6.92. The Morgan fingerprint density at radius 1 is 1.04 bits per heavy atom. The van der Waals surface area contributed by atoms with E-state index in [9.17, 15) is 10.1 Å². The number of amides is 1. The molecule has 0 bridgehead atoms. The van der Waals surface area contributed by atoms with Crippen molar-refractivity contribution in [1.29, 1.82) is 5.26 Å². The van der Waals surface area contributed by atoms with Crippen LogP contribution in [0.5, 0.6) is 0 Å². The minimum atomic E-state index is -0.209. The maximum absolute atomic E-state index is 12.7. The molecule has 0 radical (unpaired) electrons. The summed E-state index contributed by atoms with van der Waals surface area (Å²) in [5.74, 6) is -0.209. The Morgan fingerprint density at radius 3 is 2.32 bits per heavy atom. The van der Waals surface area contributed by atoms with Crippen molar-refractivity contribution in [2.45, 2.75) is 19.9 Å². The second kappa shape index (κ2) is 9.72. The van der Waals surface area contributed by atoms with Gasteiger partial charge in [-0.1, -0.05) is 49.4 Å². The van der Waals surface area contributed by atoms with Gasteiger partial charge in [-0.25, -0.2) is 0 Å². The molecule has 1 heterocycles. The first-order chi connectivity index (χ1) is 13.7. The number of nitrogens with one attached hydrogen (secondary N) is 1. The minimum Gasteiger partial charge on any atom is -0.360 e. The standard InChI is InChI=1S/C23H26N4O/c1-2-19-8-10-22(11-9-19)25-17-21(16-24)23(28)27-14-12-26(13-15-27)18-20-6-4-3-5-7-20/h3-11,17,25H,2,12-15,18H2,1H3/b21-17-. The number of aryl methyl sites for hydroxylation is 1. The number of benzene rings is 2. The molecule has 1 aliphatic rings. The number of piperazine rings is 1. The summed E-state index contributed by atoms with van der Waals surface area (Å²) in [5.41, 5.74) is 3.53. The van der Waals surface area contributed by atoms with Crippen LogP contribution in [0.25, 0.3) is 0 Å². The zero-order valence-electron chi connectivity index (χ0n) is 16.3. The molecule has 1 fully saturated rings. The first kappa shape index (κ1) is 19.7. The number of hydrogen-bond acceptors (Lipinski definition) is 4. The average Bonchev–Trinajstić information content (AvgIpc) is 2.75. The van der Waals surface area contributed by atoms with E-state index in [0.29, 0.717) is 13.1 Å². The summed E-state index contributed by atoms with van der Waals surface area (Å²) in [6, 6.07) is 20.4. The summed E-state index contributed by atoms with van der Waals surface area (Å²) >= 11 is 0. The van der Waals surface area contributed by atoms with Crippen molar-refractivity contribution >= 4 is 11.6 Å². The summed E-state index contributed by atoms with van der Waals surface area (Å²) < 4.78 is 0. The van der Waals surface area contributed by atoms with E-state index in [4.69, 9.17) is 0 Å². The van der Waals surface area contributed by atoms with E-state index in [-0.39, 0.29) is 11.5 Å². The molecule has 5 heteroatoms. The first-order valence-corrected chi connectivity index (χ1v) is 9.71. The lowest BCUT2D eigenvalue weighted by atomic mass is 10.1. The zero-order chi connectivity index (χ0) is 19.8. The highest BCUT2D eigenvalue weighted by molar-refractivity contribution is 5.97. The number of anilines is 1. The highest BCUT2D eigenvalue weighted by Crippen LogP contribution is 2.13. The fourth-order valence-corrected chi connectivity index (χ4v) is 3.26. The van der Waals surface area contributed by atoms with E-state index >= 15 is 0 Å². The Balaban J connectivity index is 1.54. The van der Waals surface area contributed by atoms with Gasteiger partial charge in [0, 0.05) is 44.6 Å². The van der Waals surface area contributed by atoms with E-state index in [1.54, 1.807) is 4.90 Å². The van der Waals surface area contributed by atoms with Gasteiger partial charge in [0.05, 0.1) is 0 Å². The maximum atomic E-state index is 12.7. The Labute approximate surface area is 166 Å². The zero-order valence-corrected chi connectivity index (χ0v) is 16.3. The summed E-state index contributed by atoms with van der Waals surface area (Å²) in [5, 5.41) is 12.5. The van der Waals surface area contributed by atoms with E-state index < -0.39 is 0 Å². The molecule has 0 aromatic heterocycles. The van der Waals surface area contributed by atoms with Gasteiger partial charge < -0.3 is 10.2 Å². The second-order valence-electron chi connectivity index (χ2n) is 6.92. The molecule has 1 aliphatic heterocycles. The van der Waals surface area contributed by atoms with Crippen LogP contribution in [0.4, 0.5) is 5.69 Å². The largest absolute Gasteiger partial charge is 0.360 e. The molecule has 0 aliphatic carbocycles. The molecule has 0 unspecified atom stereocenters. The van der Waals surface area contributed by atoms with Crippen molar-refractivity contribution in [3.8, 4) is 6.07 Å². The maximum Gasteiger partial charge on any atom is 0.266 e. The predicted molar refractivity (Wildman–Crippen MR) is 111 cm³/mol. The van der Waals surface area contributed by atoms with Gasteiger partial charge in [0.1, 0.15) is 11.6 Å². The van der Waals surface area contributed by atoms with E-state index in [2.05, 4.69) is 29.3 Å². The molecule has 3 rings (SSSR count). The monoisotopic (exact) mass is 374 g/mol. The third-order valence-electron chi connectivity index (χ3n) is 5.00. The smallest absolute Gasteiger partial charge is 0.266 e. The molecular formula is C23H26N4O. The van der Waals surface area contributed by atoms with Gasteiger partial charge in [-0.2, -0.15) is 5.26 Å². The van der Waals surface area contributed by atoms with Crippen LogP contribution in [0.2, 0.25) is 0 Å². The third-order valence-corrected chi connectivity index (χ3v) is 5.00. The number of hydrogen-bond donors (Lipinski definition) is 1. The van der Waals surface area contributed by atoms with Crippen LogP contribution in [0, 0.1) is 11.3 Å². The van der Waals surface area contributed by atoms with Gasteiger partial charge in [-0.05, 0) is 29.7 Å². The van der Waals surface area contributed by atoms with Gasteiger partial charge >= 0.3 is 0 Å². The molecule has 0 spiro atoms. The normalized spacial score (nSPS) is 15.1. The van der Waals surface area contributed by atoms with Crippen molar-refractivity contribution in [2.75, 3.05) is 31.5 Å². The number of carbonyl (C=O) groups is 1. The van der Waals surface area contributed by atoms with Crippen LogP contribution >= 0.6 is 0 Å². The van der Waals surface area contributed by atoms with E-state index in [1.165, 1.54) is 17.3 Å². The lowest BCUT2D eigenvalue weighted by Gasteiger charge is -2.34. The Bertz CT molecular complexity index is 844. The molecular weight excluding hydrogens is 348 g/mol. The topological polar surface area (TPSA) is 59.4 Å². The Hall–Kier alpha value is -3.10. The van der Waals surface area contributed by atoms with Crippen LogP contribution in [0.3, 0.4) is 0 Å². The fraction of sp³-hybridized carbons (Fsp3) is 0.304. The SMILES string of the molecule is CCc1ccc(N/C=C(/C#N)C(=O)N2CCN(Cc3ccccc3)CC2)cc1. The van der Waals surface area contributed by atoms with E-state index in [1.807, 2.05) is 48.5 Å². The van der Waals surface area contributed by atoms with Crippen molar-refractivity contribution in [3.63, 3.8) is 0 Å². The van der Waals surface area contributed by atoms with Crippen molar-refractivity contribution in [3.05, 3.63) is 77.5 Å². The fourth-order valence-electron chi connectivity index (χ4n) is 3.26. The highest BCUT2D eigenvalue weighted by Gasteiger charge is 2.23. The molecule has 5 nitrogen and oxygen atoms in total. The molecule has 144 valence electrons. The molecule has 2 aromatic rings. The van der Waals surface area contributed by atoms with E-state index in [0.717, 1.165) is 31.7 Å². The molecule has 1 N–H and O–H groups in total. The highest BCUT2D eigenvalue weighted by atomic mass is 16.2. The quantitative estimate of drug-likeness (QED) is 0.622. The van der Waals surface area contributed by atoms with Crippen molar-refractivity contribution in [1.82, 2.24) is 9.80 Å². The molecule has 1 amide bonds. The molecule has 28 heavy (non-hydrogen) atoms. The molecule has 1 saturated heterocycles. The van der Waals surface area contributed by atoms with Crippen molar-refractivity contribution < 1.29 is 4.79 Å². The minimum absolute atomic E-state index is 0.135. The lowest BCUT2D eigenvalue weighted by Crippen LogP contribution is -2.48. The van der Waals surface area contributed by atoms with Gasteiger partial charge in [-0.3, -0.25) is 9.69 Å². The van der Waals surface area contributed by atoms with Crippen LogP contribution in [-0.2, 0) is 17.8 Å². The van der Waals surface area contributed by atoms with Gasteiger partial charge in [-0.15, -0.1) is 0 Å².